The van der Waals surface area contributed by atoms with Crippen LogP contribution in [-0.4, -0.2) is 62.5 Å². The van der Waals surface area contributed by atoms with E-state index in [4.69, 9.17) is 9.47 Å². The van der Waals surface area contributed by atoms with Crippen molar-refractivity contribution < 1.29 is 9.47 Å². The summed E-state index contributed by atoms with van der Waals surface area (Å²) in [4.78, 5) is 2.51. The van der Waals surface area contributed by atoms with Crippen LogP contribution in [-0.2, 0) is 9.47 Å². The lowest BCUT2D eigenvalue weighted by Crippen LogP contribution is -2.52. The van der Waals surface area contributed by atoms with E-state index in [0.29, 0.717) is 18.2 Å². The fourth-order valence-electron chi connectivity index (χ4n) is 2.53. The highest BCUT2D eigenvalue weighted by Crippen LogP contribution is 2.14. The molecule has 0 aromatic rings. The van der Waals surface area contributed by atoms with Crippen LogP contribution in [0.15, 0.2) is 0 Å². The molecule has 0 saturated carbocycles. The lowest BCUT2D eigenvalue weighted by atomic mass is 10.1. The molecule has 0 aromatic carbocycles. The van der Waals surface area contributed by atoms with Gasteiger partial charge >= 0.3 is 0 Å². The summed E-state index contributed by atoms with van der Waals surface area (Å²) in [5.41, 5.74) is 0. The number of nitrogens with one attached hydrogen (secondary N) is 1. The molecule has 0 spiro atoms. The van der Waals surface area contributed by atoms with Gasteiger partial charge in [0, 0.05) is 38.8 Å². The first-order valence-corrected chi connectivity index (χ1v) is 6.45. The molecule has 4 nitrogen and oxygen atoms in total. The molecule has 94 valence electrons. The van der Waals surface area contributed by atoms with Crippen molar-refractivity contribution in [1.82, 2.24) is 10.2 Å². The van der Waals surface area contributed by atoms with E-state index in [2.05, 4.69) is 24.1 Å². The summed E-state index contributed by atoms with van der Waals surface area (Å²) in [7, 11) is 0. The Morgan fingerprint density at radius 2 is 2.19 bits per heavy atom. The third-order valence-corrected chi connectivity index (χ3v) is 3.55. The Kier molecular flexibility index (Phi) is 4.58. The van der Waals surface area contributed by atoms with E-state index in [1.165, 1.54) is 0 Å². The molecule has 2 fully saturated rings. The van der Waals surface area contributed by atoms with Crippen molar-refractivity contribution in [3.05, 3.63) is 0 Å². The summed E-state index contributed by atoms with van der Waals surface area (Å²) in [6.45, 7) is 10.3. The maximum atomic E-state index is 5.82. The summed E-state index contributed by atoms with van der Waals surface area (Å²) in [6.07, 6.45) is 1.81. The molecule has 1 N–H and O–H groups in total. The molecule has 0 aromatic heterocycles. The van der Waals surface area contributed by atoms with Crippen LogP contribution in [0.3, 0.4) is 0 Å². The third-order valence-electron chi connectivity index (χ3n) is 3.55. The second-order valence-corrected chi connectivity index (χ2v) is 4.88. The van der Waals surface area contributed by atoms with Crippen LogP contribution in [0, 0.1) is 0 Å². The van der Waals surface area contributed by atoms with Gasteiger partial charge in [-0.3, -0.25) is 4.90 Å². The summed E-state index contributed by atoms with van der Waals surface area (Å²) < 4.78 is 11.5. The molecule has 0 radical (unpaired) electrons. The molecule has 2 heterocycles. The standard InChI is InChI=1S/C12H24N2O2/c1-10-9-14(5-3-6-15-10)11(2)12-8-13-4-7-16-12/h10-13H,3-9H2,1-2H3. The van der Waals surface area contributed by atoms with Gasteiger partial charge in [-0.25, -0.2) is 0 Å². The van der Waals surface area contributed by atoms with Crippen LogP contribution in [0.4, 0.5) is 0 Å². The van der Waals surface area contributed by atoms with E-state index in [1.54, 1.807) is 0 Å². The number of rotatable bonds is 2. The Bertz CT molecular complexity index is 207. The monoisotopic (exact) mass is 228 g/mol. The Morgan fingerprint density at radius 1 is 1.31 bits per heavy atom. The molecule has 0 bridgehead atoms. The van der Waals surface area contributed by atoms with E-state index in [9.17, 15) is 0 Å². The van der Waals surface area contributed by atoms with Crippen LogP contribution in [0.25, 0.3) is 0 Å². The van der Waals surface area contributed by atoms with Gasteiger partial charge in [0.2, 0.25) is 0 Å². The minimum atomic E-state index is 0.332. The Labute approximate surface area is 98.3 Å². The average molecular weight is 228 g/mol. The molecule has 2 saturated heterocycles. The topological polar surface area (TPSA) is 33.7 Å². The smallest absolute Gasteiger partial charge is 0.0852 e. The van der Waals surface area contributed by atoms with Gasteiger partial charge in [0.25, 0.3) is 0 Å². The minimum absolute atomic E-state index is 0.332. The fraction of sp³-hybridized carbons (Fsp3) is 1.00. The molecule has 0 amide bonds. The van der Waals surface area contributed by atoms with Gasteiger partial charge in [0.1, 0.15) is 0 Å². The average Bonchev–Trinajstić information content (AvgIpc) is 2.54. The van der Waals surface area contributed by atoms with Gasteiger partial charge in [0.15, 0.2) is 0 Å². The summed E-state index contributed by atoms with van der Waals surface area (Å²) in [5.74, 6) is 0. The van der Waals surface area contributed by atoms with Crippen molar-refractivity contribution in [2.24, 2.45) is 0 Å². The highest BCUT2D eigenvalue weighted by Gasteiger charge is 2.27. The quantitative estimate of drug-likeness (QED) is 0.745. The third kappa shape index (κ3) is 3.17. The predicted octanol–water partition coefficient (Wildman–Crippen LogP) is 0.474. The van der Waals surface area contributed by atoms with E-state index in [0.717, 1.165) is 45.8 Å². The van der Waals surface area contributed by atoms with Crippen LogP contribution in [0.1, 0.15) is 20.3 Å². The Hall–Kier alpha value is -0.160. The molecule has 2 rings (SSSR count). The summed E-state index contributed by atoms with van der Waals surface area (Å²) >= 11 is 0. The van der Waals surface area contributed by atoms with E-state index in [1.807, 2.05) is 0 Å². The number of ether oxygens (including phenoxy) is 2. The van der Waals surface area contributed by atoms with Gasteiger partial charge in [-0.15, -0.1) is 0 Å². The molecule has 4 heteroatoms. The van der Waals surface area contributed by atoms with Crippen molar-refractivity contribution in [1.29, 1.82) is 0 Å². The number of hydrogen-bond acceptors (Lipinski definition) is 4. The molecular weight excluding hydrogens is 204 g/mol. The first-order chi connectivity index (χ1) is 7.77. The van der Waals surface area contributed by atoms with Crippen LogP contribution in [0.5, 0.6) is 0 Å². The van der Waals surface area contributed by atoms with Crippen molar-refractivity contribution >= 4 is 0 Å². The van der Waals surface area contributed by atoms with Crippen molar-refractivity contribution in [3.63, 3.8) is 0 Å². The molecule has 2 aliphatic heterocycles. The minimum Gasteiger partial charge on any atom is -0.377 e. The molecule has 2 aliphatic rings. The maximum Gasteiger partial charge on any atom is 0.0852 e. The number of morpholine rings is 1. The molecule has 0 aliphatic carbocycles. The number of hydrogen-bond donors (Lipinski definition) is 1. The lowest BCUT2D eigenvalue weighted by Gasteiger charge is -2.36. The normalized spacial score (nSPS) is 35.6. The van der Waals surface area contributed by atoms with Crippen LogP contribution in [0.2, 0.25) is 0 Å². The largest absolute Gasteiger partial charge is 0.377 e. The first kappa shape index (κ1) is 12.3. The molecule has 3 atom stereocenters. The zero-order valence-corrected chi connectivity index (χ0v) is 10.4. The Morgan fingerprint density at radius 3 is 2.94 bits per heavy atom. The summed E-state index contributed by atoms with van der Waals surface area (Å²) in [5, 5.41) is 3.40. The Balaban J connectivity index is 1.88. The van der Waals surface area contributed by atoms with Crippen molar-refractivity contribution in [3.8, 4) is 0 Å². The zero-order valence-electron chi connectivity index (χ0n) is 10.4. The predicted molar refractivity (Wildman–Crippen MR) is 63.7 cm³/mol. The van der Waals surface area contributed by atoms with Crippen LogP contribution >= 0.6 is 0 Å². The van der Waals surface area contributed by atoms with E-state index >= 15 is 0 Å². The van der Waals surface area contributed by atoms with E-state index < -0.39 is 0 Å². The summed E-state index contributed by atoms with van der Waals surface area (Å²) in [6, 6.07) is 0.483. The lowest BCUT2D eigenvalue weighted by molar-refractivity contribution is -0.0312. The highest BCUT2D eigenvalue weighted by molar-refractivity contribution is 4.82. The first-order valence-electron chi connectivity index (χ1n) is 6.45. The second-order valence-electron chi connectivity index (χ2n) is 4.88. The van der Waals surface area contributed by atoms with Crippen molar-refractivity contribution in [2.45, 2.75) is 38.5 Å². The highest BCUT2D eigenvalue weighted by atomic mass is 16.5. The van der Waals surface area contributed by atoms with E-state index in [-0.39, 0.29) is 0 Å². The maximum absolute atomic E-state index is 5.82. The van der Waals surface area contributed by atoms with Gasteiger partial charge in [-0.1, -0.05) is 0 Å². The zero-order chi connectivity index (χ0) is 11.4. The second kappa shape index (κ2) is 5.96. The van der Waals surface area contributed by atoms with Crippen LogP contribution < -0.4 is 5.32 Å². The molecule has 3 unspecified atom stereocenters. The number of nitrogens with zero attached hydrogens (tertiary/aromatic N) is 1. The molecule has 16 heavy (non-hydrogen) atoms. The van der Waals surface area contributed by atoms with Crippen molar-refractivity contribution in [2.75, 3.05) is 39.4 Å². The van der Waals surface area contributed by atoms with Gasteiger partial charge in [0.05, 0.1) is 18.8 Å². The molecular formula is C12H24N2O2. The van der Waals surface area contributed by atoms with Gasteiger partial charge < -0.3 is 14.8 Å². The van der Waals surface area contributed by atoms with Gasteiger partial charge in [-0.05, 0) is 20.3 Å². The van der Waals surface area contributed by atoms with Gasteiger partial charge in [-0.2, -0.15) is 0 Å². The fourth-order valence-corrected chi connectivity index (χ4v) is 2.53. The SMILES string of the molecule is CC1CN(C(C)C2CNCCO2)CCCO1.